The van der Waals surface area contributed by atoms with Crippen molar-refractivity contribution in [3.63, 3.8) is 0 Å². The lowest BCUT2D eigenvalue weighted by molar-refractivity contribution is -0.139. The van der Waals surface area contributed by atoms with E-state index in [4.69, 9.17) is 23.7 Å². The number of hydrogen-bond acceptors (Lipinski definition) is 5. The molecule has 1 N–H and O–H groups in total. The molecule has 1 aliphatic carbocycles. The van der Waals surface area contributed by atoms with E-state index in [0.717, 1.165) is 6.42 Å². The molecule has 2 aliphatic rings. The number of rotatable bonds is 9. The van der Waals surface area contributed by atoms with Crippen molar-refractivity contribution in [2.45, 2.75) is 51.4 Å². The molecule has 1 heterocycles. The molecule has 0 amide bonds. The molecule has 6 nitrogen and oxygen atoms in total. The van der Waals surface area contributed by atoms with Crippen LogP contribution in [0.3, 0.4) is 0 Å². The van der Waals surface area contributed by atoms with Gasteiger partial charge in [-0.25, -0.2) is 4.79 Å². The molecule has 1 saturated carbocycles. The normalized spacial score (nSPS) is 23.7. The maximum Gasteiger partial charge on any atom is 0.341 e. The number of carboxylic acid groups (broad SMARTS) is 1. The van der Waals surface area contributed by atoms with Crippen molar-refractivity contribution in [1.29, 1.82) is 0 Å². The monoisotopic (exact) mass is 544 g/mol. The molecule has 5 rings (SSSR count). The Hall–Kier alpha value is -3.55. The summed E-state index contributed by atoms with van der Waals surface area (Å²) in [6, 6.07) is 26.3. The average Bonchev–Trinajstić information content (AvgIpc) is 3.24. The zero-order valence-electron chi connectivity index (χ0n) is 22.7. The first-order valence-corrected chi connectivity index (χ1v) is 15.0. The standard InChI is InChI=1S/C32H36O6Si/c1-5-19-32(38-39(22-13-8-6-9-14-22)23-15-10-7-11-16-23)27(31(2,3)4)20-26-30(32)37-25-18-12-17-24(29(25)36-26)35-21-28(33)34/h5-18,26-27,30,39H,1,19-21H2,2-4H3,(H,33,34)/t26-,27+,30+,32+/m0/s1. The van der Waals surface area contributed by atoms with Crippen LogP contribution in [0.25, 0.3) is 0 Å². The molecule has 0 radical (unpaired) electrons. The van der Waals surface area contributed by atoms with Crippen molar-refractivity contribution < 1.29 is 28.5 Å². The largest absolute Gasteiger partial charge is 0.479 e. The van der Waals surface area contributed by atoms with Crippen LogP contribution in [0.5, 0.6) is 17.2 Å². The summed E-state index contributed by atoms with van der Waals surface area (Å²) in [7, 11) is -2.17. The quantitative estimate of drug-likeness (QED) is 0.314. The zero-order chi connectivity index (χ0) is 27.6. The van der Waals surface area contributed by atoms with Crippen LogP contribution in [-0.4, -0.2) is 44.5 Å². The van der Waals surface area contributed by atoms with Crippen LogP contribution in [0.2, 0.25) is 0 Å². The van der Waals surface area contributed by atoms with Crippen LogP contribution < -0.4 is 24.6 Å². The van der Waals surface area contributed by atoms with Gasteiger partial charge in [0, 0.05) is 0 Å². The number of ether oxygens (including phenoxy) is 3. The number of aliphatic carboxylic acids is 1. The van der Waals surface area contributed by atoms with Gasteiger partial charge in [0.1, 0.15) is 11.7 Å². The van der Waals surface area contributed by atoms with E-state index in [1.54, 1.807) is 12.1 Å². The zero-order valence-corrected chi connectivity index (χ0v) is 23.9. The SMILES string of the molecule is C=CC[C@]1(O[SiH](c2ccccc2)c2ccccc2)[C@@H]2Oc3cccc(OCC(=O)O)c3O[C@H]2C[C@@H]1C(C)(C)C. The summed E-state index contributed by atoms with van der Waals surface area (Å²) in [5.41, 5.74) is -0.808. The Kier molecular flexibility index (Phi) is 7.56. The van der Waals surface area contributed by atoms with Crippen LogP contribution in [0.4, 0.5) is 0 Å². The van der Waals surface area contributed by atoms with E-state index < -0.39 is 27.2 Å². The van der Waals surface area contributed by atoms with Crippen LogP contribution in [0.15, 0.2) is 91.5 Å². The maximum atomic E-state index is 11.2. The third-order valence-electron chi connectivity index (χ3n) is 7.74. The molecule has 3 aromatic rings. The second-order valence-electron chi connectivity index (χ2n) is 11.4. The minimum absolute atomic E-state index is 0.0955. The Bertz CT molecular complexity index is 1270. The Labute approximate surface area is 231 Å². The number of hydrogen-bond donors (Lipinski definition) is 1. The summed E-state index contributed by atoms with van der Waals surface area (Å²) in [4.78, 5) is 11.2. The number of fused-ring (bicyclic) bond motifs is 2. The van der Waals surface area contributed by atoms with Gasteiger partial charge in [-0.15, -0.1) is 6.58 Å². The number of carbonyl (C=O) groups is 1. The van der Waals surface area contributed by atoms with E-state index in [9.17, 15) is 4.79 Å². The smallest absolute Gasteiger partial charge is 0.341 e. The van der Waals surface area contributed by atoms with Crippen molar-refractivity contribution in [2.24, 2.45) is 11.3 Å². The number of benzene rings is 3. The van der Waals surface area contributed by atoms with Gasteiger partial charge in [-0.1, -0.05) is 93.6 Å². The first kappa shape index (κ1) is 27.0. The minimum Gasteiger partial charge on any atom is -0.479 e. The van der Waals surface area contributed by atoms with E-state index in [2.05, 4.69) is 75.9 Å². The van der Waals surface area contributed by atoms with Crippen LogP contribution in [0.1, 0.15) is 33.6 Å². The van der Waals surface area contributed by atoms with Gasteiger partial charge in [0.15, 0.2) is 24.2 Å². The number of carboxylic acids is 1. The molecule has 1 fully saturated rings. The lowest BCUT2D eigenvalue weighted by Gasteiger charge is -2.47. The van der Waals surface area contributed by atoms with Crippen LogP contribution in [-0.2, 0) is 9.22 Å². The van der Waals surface area contributed by atoms with Gasteiger partial charge >= 0.3 is 5.97 Å². The summed E-state index contributed by atoms with van der Waals surface area (Å²) in [5, 5.41) is 11.5. The Morgan fingerprint density at radius 2 is 1.67 bits per heavy atom. The number of para-hydroxylation sites is 1. The molecule has 0 spiro atoms. The van der Waals surface area contributed by atoms with Gasteiger partial charge < -0.3 is 23.7 Å². The average molecular weight is 545 g/mol. The van der Waals surface area contributed by atoms with E-state index in [1.807, 2.05) is 24.3 Å². The summed E-state index contributed by atoms with van der Waals surface area (Å²) < 4.78 is 26.4. The second kappa shape index (κ2) is 10.9. The van der Waals surface area contributed by atoms with Gasteiger partial charge in [0.2, 0.25) is 14.8 Å². The minimum atomic E-state index is -2.17. The highest BCUT2D eigenvalue weighted by molar-refractivity contribution is 6.80. The van der Waals surface area contributed by atoms with Gasteiger partial charge in [0.05, 0.1) is 0 Å². The molecule has 7 heteroatoms. The fraction of sp³-hybridized carbons (Fsp3) is 0.344. The predicted molar refractivity (Wildman–Crippen MR) is 154 cm³/mol. The summed E-state index contributed by atoms with van der Waals surface area (Å²) >= 11 is 0. The van der Waals surface area contributed by atoms with Crippen molar-refractivity contribution in [3.8, 4) is 17.2 Å². The highest BCUT2D eigenvalue weighted by Gasteiger charge is 2.63. The third-order valence-corrected chi connectivity index (χ3v) is 10.4. The molecule has 204 valence electrons. The summed E-state index contributed by atoms with van der Waals surface area (Å²) in [6.07, 6.45) is 2.59. The molecular formula is C32H36O6Si. The highest BCUT2D eigenvalue weighted by atomic mass is 28.3. The Balaban J connectivity index is 1.60. The first-order valence-electron chi connectivity index (χ1n) is 13.4. The van der Waals surface area contributed by atoms with Gasteiger partial charge in [0.25, 0.3) is 0 Å². The molecule has 0 saturated heterocycles. The van der Waals surface area contributed by atoms with Crippen molar-refractivity contribution in [3.05, 3.63) is 91.5 Å². The molecule has 1 aliphatic heterocycles. The molecule has 0 bridgehead atoms. The van der Waals surface area contributed by atoms with Crippen LogP contribution in [0, 0.1) is 11.3 Å². The molecule has 3 aromatic carbocycles. The van der Waals surface area contributed by atoms with Crippen molar-refractivity contribution >= 4 is 25.4 Å². The van der Waals surface area contributed by atoms with E-state index in [1.165, 1.54) is 10.4 Å². The second-order valence-corrected chi connectivity index (χ2v) is 13.7. The fourth-order valence-electron chi connectivity index (χ4n) is 6.17. The van der Waals surface area contributed by atoms with Gasteiger partial charge in [-0.2, -0.15) is 0 Å². The summed E-state index contributed by atoms with van der Waals surface area (Å²) in [5.74, 6) is 0.388. The fourth-order valence-corrected chi connectivity index (χ4v) is 8.81. The van der Waals surface area contributed by atoms with Crippen LogP contribution >= 0.6 is 0 Å². The molecule has 39 heavy (non-hydrogen) atoms. The topological polar surface area (TPSA) is 74.2 Å². The molecule has 0 unspecified atom stereocenters. The maximum absolute atomic E-state index is 11.2. The van der Waals surface area contributed by atoms with Crippen molar-refractivity contribution in [1.82, 2.24) is 0 Å². The third kappa shape index (κ3) is 5.34. The Morgan fingerprint density at radius 1 is 1.03 bits per heavy atom. The lowest BCUT2D eigenvalue weighted by Crippen LogP contribution is -2.61. The molecule has 4 atom stereocenters. The molecular weight excluding hydrogens is 508 g/mol. The van der Waals surface area contributed by atoms with Crippen molar-refractivity contribution in [2.75, 3.05) is 6.61 Å². The van der Waals surface area contributed by atoms with Gasteiger partial charge in [-0.3, -0.25) is 0 Å². The highest BCUT2D eigenvalue weighted by Crippen LogP contribution is 2.56. The van der Waals surface area contributed by atoms with E-state index in [-0.39, 0.29) is 23.5 Å². The van der Waals surface area contributed by atoms with E-state index >= 15 is 0 Å². The first-order chi connectivity index (χ1) is 18.7. The van der Waals surface area contributed by atoms with Gasteiger partial charge in [-0.05, 0) is 46.7 Å². The lowest BCUT2D eigenvalue weighted by atomic mass is 9.70. The van der Waals surface area contributed by atoms with E-state index in [0.29, 0.717) is 23.7 Å². The summed E-state index contributed by atoms with van der Waals surface area (Å²) in [6.45, 7) is 10.4. The predicted octanol–water partition coefficient (Wildman–Crippen LogP) is 4.59. The Morgan fingerprint density at radius 3 is 2.23 bits per heavy atom. The molecule has 0 aromatic heterocycles.